The normalized spacial score (nSPS) is 18.4. The van der Waals surface area contributed by atoms with Crippen molar-refractivity contribution in [1.29, 1.82) is 0 Å². The van der Waals surface area contributed by atoms with E-state index in [4.69, 9.17) is 0 Å². The van der Waals surface area contributed by atoms with E-state index in [0.29, 0.717) is 30.3 Å². The van der Waals surface area contributed by atoms with E-state index < -0.39 is 21.8 Å². The van der Waals surface area contributed by atoms with Gasteiger partial charge in [-0.3, -0.25) is 9.59 Å². The van der Waals surface area contributed by atoms with Gasteiger partial charge in [0, 0.05) is 19.1 Å². The van der Waals surface area contributed by atoms with Crippen LogP contribution in [0.1, 0.15) is 12.8 Å². The lowest BCUT2D eigenvalue weighted by molar-refractivity contribution is -0.856. The summed E-state index contributed by atoms with van der Waals surface area (Å²) in [5, 5.41) is 6.82. The third kappa shape index (κ3) is 5.24. The highest BCUT2D eigenvalue weighted by Gasteiger charge is 2.36. The maximum Gasteiger partial charge on any atom is 0.309 e. The second-order valence-electron chi connectivity index (χ2n) is 6.27. The van der Waals surface area contributed by atoms with Gasteiger partial charge in [0.1, 0.15) is 4.21 Å². The van der Waals surface area contributed by atoms with Crippen LogP contribution >= 0.6 is 11.3 Å². The van der Waals surface area contributed by atoms with E-state index in [1.54, 1.807) is 17.5 Å². The monoisotopic (exact) mass is 389 g/mol. The van der Waals surface area contributed by atoms with Gasteiger partial charge in [-0.2, -0.15) is 4.31 Å². The Morgan fingerprint density at radius 2 is 2.04 bits per heavy atom. The molecule has 1 saturated heterocycles. The molecule has 1 atom stereocenters. The molecule has 140 valence electrons. The summed E-state index contributed by atoms with van der Waals surface area (Å²) in [5.74, 6) is -1.42. The number of rotatable bonds is 7. The van der Waals surface area contributed by atoms with Gasteiger partial charge in [-0.25, -0.2) is 8.42 Å². The molecule has 2 heterocycles. The maximum atomic E-state index is 12.6. The minimum atomic E-state index is -3.54. The molecule has 0 spiro atoms. The smallest absolute Gasteiger partial charge is 0.309 e. The van der Waals surface area contributed by atoms with Crippen molar-refractivity contribution in [2.24, 2.45) is 0 Å². The maximum absolute atomic E-state index is 12.6. The zero-order valence-corrected chi connectivity index (χ0v) is 16.1. The van der Waals surface area contributed by atoms with E-state index in [1.165, 1.54) is 20.5 Å². The van der Waals surface area contributed by atoms with Crippen LogP contribution in [0.5, 0.6) is 0 Å². The number of hydrogen-bond donors (Lipinski definition) is 3. The SMILES string of the molecule is C[NH+](C)CCNC(=O)C(=O)NC[C@H]1CCCN1S(=O)(=O)c1cccs1. The number of sulfonamides is 1. The highest BCUT2D eigenvalue weighted by Crippen LogP contribution is 2.28. The predicted octanol–water partition coefficient (Wildman–Crippen LogP) is -1.72. The number of thiophene rings is 1. The second kappa shape index (κ2) is 8.75. The first-order valence-electron chi connectivity index (χ1n) is 8.23. The fraction of sp³-hybridized carbons (Fsp3) is 0.600. The lowest BCUT2D eigenvalue weighted by Crippen LogP contribution is -3.06. The summed E-state index contributed by atoms with van der Waals surface area (Å²) in [4.78, 5) is 24.8. The van der Waals surface area contributed by atoms with Crippen LogP contribution < -0.4 is 15.5 Å². The van der Waals surface area contributed by atoms with Crippen LogP contribution in [0.15, 0.2) is 21.7 Å². The van der Waals surface area contributed by atoms with Crippen LogP contribution in [0.4, 0.5) is 0 Å². The molecule has 10 heteroatoms. The summed E-state index contributed by atoms with van der Waals surface area (Å²) in [7, 11) is 0.367. The number of nitrogens with one attached hydrogen (secondary N) is 3. The van der Waals surface area contributed by atoms with Gasteiger partial charge in [0.25, 0.3) is 10.0 Å². The fourth-order valence-corrected chi connectivity index (χ4v) is 5.46. The number of likely N-dealkylation sites (N-methyl/N-ethyl adjacent to an activating group) is 1. The third-order valence-corrected chi connectivity index (χ3v) is 7.32. The molecule has 1 aliphatic heterocycles. The molecule has 1 fully saturated rings. The molecule has 0 unspecified atom stereocenters. The van der Waals surface area contributed by atoms with Crippen molar-refractivity contribution in [1.82, 2.24) is 14.9 Å². The first-order valence-corrected chi connectivity index (χ1v) is 10.5. The van der Waals surface area contributed by atoms with Crippen molar-refractivity contribution in [3.05, 3.63) is 17.5 Å². The molecule has 1 aromatic heterocycles. The number of nitrogens with zero attached hydrogens (tertiary/aromatic N) is 1. The minimum Gasteiger partial charge on any atom is -0.346 e. The van der Waals surface area contributed by atoms with Crippen LogP contribution in [0, 0.1) is 0 Å². The Balaban J connectivity index is 1.87. The van der Waals surface area contributed by atoms with E-state index in [0.717, 1.165) is 6.42 Å². The molecule has 0 saturated carbocycles. The first-order chi connectivity index (χ1) is 11.8. The Kier molecular flexibility index (Phi) is 6.94. The fourth-order valence-electron chi connectivity index (χ4n) is 2.65. The van der Waals surface area contributed by atoms with E-state index in [2.05, 4.69) is 10.6 Å². The molecule has 1 aromatic rings. The van der Waals surface area contributed by atoms with Crippen molar-refractivity contribution in [3.63, 3.8) is 0 Å². The van der Waals surface area contributed by atoms with Gasteiger partial charge in [0.15, 0.2) is 0 Å². The summed E-state index contributed by atoms with van der Waals surface area (Å²) in [6.45, 7) is 1.69. The Hall–Kier alpha value is -1.49. The summed E-state index contributed by atoms with van der Waals surface area (Å²) in [5.41, 5.74) is 0. The van der Waals surface area contributed by atoms with Gasteiger partial charge in [-0.05, 0) is 24.3 Å². The van der Waals surface area contributed by atoms with Gasteiger partial charge in [0.05, 0.1) is 27.2 Å². The van der Waals surface area contributed by atoms with E-state index >= 15 is 0 Å². The Morgan fingerprint density at radius 3 is 2.68 bits per heavy atom. The first kappa shape index (κ1) is 19.8. The average molecular weight is 390 g/mol. The van der Waals surface area contributed by atoms with Gasteiger partial charge >= 0.3 is 11.8 Å². The highest BCUT2D eigenvalue weighted by molar-refractivity contribution is 7.91. The summed E-state index contributed by atoms with van der Waals surface area (Å²) >= 11 is 1.18. The summed E-state index contributed by atoms with van der Waals surface area (Å²) < 4.78 is 27.0. The summed E-state index contributed by atoms with van der Waals surface area (Å²) in [6, 6.07) is 2.95. The molecule has 8 nitrogen and oxygen atoms in total. The number of carbonyl (C=O) groups excluding carboxylic acids is 2. The van der Waals surface area contributed by atoms with Crippen molar-refractivity contribution >= 4 is 33.2 Å². The summed E-state index contributed by atoms with van der Waals surface area (Å²) in [6.07, 6.45) is 1.40. The second-order valence-corrected chi connectivity index (χ2v) is 9.33. The van der Waals surface area contributed by atoms with Crippen LogP contribution in [-0.4, -0.2) is 70.9 Å². The van der Waals surface area contributed by atoms with Gasteiger partial charge < -0.3 is 15.5 Å². The molecule has 2 amide bonds. The number of hydrogen-bond acceptors (Lipinski definition) is 5. The van der Waals surface area contributed by atoms with E-state index in [-0.39, 0.29) is 12.6 Å². The number of amides is 2. The minimum absolute atomic E-state index is 0.135. The molecule has 25 heavy (non-hydrogen) atoms. The van der Waals surface area contributed by atoms with Crippen LogP contribution in [0.3, 0.4) is 0 Å². The number of carbonyl (C=O) groups is 2. The van der Waals surface area contributed by atoms with E-state index in [1.807, 2.05) is 14.1 Å². The topological polar surface area (TPSA) is 100 Å². The Bertz CT molecular complexity index is 688. The predicted molar refractivity (Wildman–Crippen MR) is 94.9 cm³/mol. The van der Waals surface area contributed by atoms with Crippen molar-refractivity contribution < 1.29 is 22.9 Å². The van der Waals surface area contributed by atoms with Crippen LogP contribution in [0.25, 0.3) is 0 Å². The molecule has 0 aliphatic carbocycles. The van der Waals surface area contributed by atoms with Gasteiger partial charge in [-0.1, -0.05) is 6.07 Å². The molecule has 0 radical (unpaired) electrons. The largest absolute Gasteiger partial charge is 0.346 e. The lowest BCUT2D eigenvalue weighted by Gasteiger charge is -2.23. The highest BCUT2D eigenvalue weighted by atomic mass is 32.2. The molecule has 3 N–H and O–H groups in total. The van der Waals surface area contributed by atoms with E-state index in [9.17, 15) is 18.0 Å². The zero-order chi connectivity index (χ0) is 18.4. The van der Waals surface area contributed by atoms with Crippen LogP contribution in [0.2, 0.25) is 0 Å². The third-order valence-electron chi connectivity index (χ3n) is 4.00. The molecule has 0 bridgehead atoms. The van der Waals surface area contributed by atoms with Gasteiger partial charge in [0.2, 0.25) is 0 Å². The molecule has 0 aromatic carbocycles. The van der Waals surface area contributed by atoms with Crippen LogP contribution in [-0.2, 0) is 19.6 Å². The Labute approximate surface area is 152 Å². The molecule has 1 aliphatic rings. The van der Waals surface area contributed by atoms with Crippen molar-refractivity contribution in [2.45, 2.75) is 23.1 Å². The zero-order valence-electron chi connectivity index (χ0n) is 14.4. The quantitative estimate of drug-likeness (QED) is 0.483. The van der Waals surface area contributed by atoms with Gasteiger partial charge in [-0.15, -0.1) is 11.3 Å². The lowest BCUT2D eigenvalue weighted by atomic mass is 10.2. The molecular weight excluding hydrogens is 364 g/mol. The van der Waals surface area contributed by atoms with Crippen molar-refractivity contribution in [2.75, 3.05) is 40.3 Å². The molecule has 2 rings (SSSR count). The Morgan fingerprint density at radius 1 is 1.32 bits per heavy atom. The standard InChI is InChI=1S/C15H24N4O4S2/c1-18(2)9-7-16-14(20)15(21)17-11-12-5-3-8-19(12)25(22,23)13-6-4-10-24-13/h4,6,10,12H,3,5,7-9,11H2,1-2H3,(H,16,20)(H,17,21)/p+1/t12-/m1/s1. The molecular formula is C15H25N4O4S2+. The average Bonchev–Trinajstić information content (AvgIpc) is 3.23. The van der Waals surface area contributed by atoms with Crippen molar-refractivity contribution in [3.8, 4) is 0 Å². The number of quaternary nitrogens is 1.